The van der Waals surface area contributed by atoms with Gasteiger partial charge in [-0.05, 0) is 6.07 Å². The lowest BCUT2D eigenvalue weighted by molar-refractivity contribution is -0.116. The molecule has 1 amide bonds. The Morgan fingerprint density at radius 1 is 1.71 bits per heavy atom. The molecule has 0 aliphatic heterocycles. The van der Waals surface area contributed by atoms with Gasteiger partial charge in [-0.3, -0.25) is 4.79 Å². The van der Waals surface area contributed by atoms with Crippen molar-refractivity contribution in [2.24, 2.45) is 5.73 Å². The SMILES string of the molecule is CN(CC(N)=O)c1ncc(Cl)cc1N. The number of hydrogen-bond donors (Lipinski definition) is 2. The van der Waals surface area contributed by atoms with Crippen molar-refractivity contribution < 1.29 is 4.79 Å². The molecule has 0 atom stereocenters. The van der Waals surface area contributed by atoms with Gasteiger partial charge in [0.15, 0.2) is 5.82 Å². The molecular formula is C8H11ClN4O. The predicted octanol–water partition coefficient (Wildman–Crippen LogP) is 0.239. The van der Waals surface area contributed by atoms with Gasteiger partial charge in [0.2, 0.25) is 5.91 Å². The summed E-state index contributed by atoms with van der Waals surface area (Å²) in [5, 5.41) is 0.457. The van der Waals surface area contributed by atoms with E-state index in [0.717, 1.165) is 0 Å². The molecule has 0 unspecified atom stereocenters. The fourth-order valence-electron chi connectivity index (χ4n) is 1.08. The molecule has 0 saturated carbocycles. The minimum atomic E-state index is -0.441. The van der Waals surface area contributed by atoms with E-state index < -0.39 is 5.91 Å². The second kappa shape index (κ2) is 4.15. The maximum absolute atomic E-state index is 10.6. The van der Waals surface area contributed by atoms with Crippen molar-refractivity contribution in [3.05, 3.63) is 17.3 Å². The van der Waals surface area contributed by atoms with E-state index in [1.165, 1.54) is 6.20 Å². The number of anilines is 2. The summed E-state index contributed by atoms with van der Waals surface area (Å²) in [5.41, 5.74) is 11.1. The molecule has 5 nitrogen and oxygen atoms in total. The van der Waals surface area contributed by atoms with Crippen molar-refractivity contribution in [3.8, 4) is 0 Å². The molecule has 0 saturated heterocycles. The van der Waals surface area contributed by atoms with E-state index in [1.807, 2.05) is 0 Å². The first-order valence-electron chi connectivity index (χ1n) is 3.91. The van der Waals surface area contributed by atoms with Crippen LogP contribution in [0.1, 0.15) is 0 Å². The number of rotatable bonds is 3. The standard InChI is InChI=1S/C8H11ClN4O/c1-13(4-7(11)14)8-6(10)2-5(9)3-12-8/h2-3H,4,10H2,1H3,(H2,11,14). The van der Waals surface area contributed by atoms with Crippen LogP contribution in [0.15, 0.2) is 12.3 Å². The zero-order chi connectivity index (χ0) is 10.7. The van der Waals surface area contributed by atoms with Gasteiger partial charge in [0, 0.05) is 13.2 Å². The number of hydrogen-bond acceptors (Lipinski definition) is 4. The van der Waals surface area contributed by atoms with Crippen molar-refractivity contribution in [1.29, 1.82) is 0 Å². The number of carbonyl (C=O) groups excluding carboxylic acids is 1. The first kappa shape index (κ1) is 10.6. The highest BCUT2D eigenvalue weighted by atomic mass is 35.5. The topological polar surface area (TPSA) is 85.2 Å². The Morgan fingerprint density at radius 2 is 2.36 bits per heavy atom. The lowest BCUT2D eigenvalue weighted by Crippen LogP contribution is -2.31. The van der Waals surface area contributed by atoms with E-state index in [1.54, 1.807) is 18.0 Å². The van der Waals surface area contributed by atoms with Crippen molar-refractivity contribution in [2.75, 3.05) is 24.2 Å². The Kier molecular flexibility index (Phi) is 3.14. The molecule has 0 aromatic carbocycles. The van der Waals surface area contributed by atoms with Gasteiger partial charge >= 0.3 is 0 Å². The molecular weight excluding hydrogens is 204 g/mol. The number of amides is 1. The van der Waals surface area contributed by atoms with E-state index in [-0.39, 0.29) is 6.54 Å². The second-order valence-electron chi connectivity index (χ2n) is 2.89. The van der Waals surface area contributed by atoms with Crippen LogP contribution in [0.2, 0.25) is 5.02 Å². The molecule has 6 heteroatoms. The lowest BCUT2D eigenvalue weighted by Gasteiger charge is -2.17. The van der Waals surface area contributed by atoms with E-state index in [2.05, 4.69) is 4.98 Å². The number of primary amides is 1. The first-order valence-corrected chi connectivity index (χ1v) is 4.29. The molecule has 0 bridgehead atoms. The zero-order valence-corrected chi connectivity index (χ0v) is 8.45. The molecule has 76 valence electrons. The molecule has 1 aromatic rings. The predicted molar refractivity (Wildman–Crippen MR) is 56.1 cm³/mol. The molecule has 1 rings (SSSR count). The first-order chi connectivity index (χ1) is 6.50. The van der Waals surface area contributed by atoms with Gasteiger partial charge in [-0.25, -0.2) is 4.98 Å². The van der Waals surface area contributed by atoms with Crippen LogP contribution in [0.3, 0.4) is 0 Å². The summed E-state index contributed by atoms with van der Waals surface area (Å²) in [7, 11) is 1.68. The smallest absolute Gasteiger partial charge is 0.236 e. The highest BCUT2D eigenvalue weighted by molar-refractivity contribution is 6.30. The summed E-state index contributed by atoms with van der Waals surface area (Å²) < 4.78 is 0. The Labute approximate surface area is 86.7 Å². The number of halogens is 1. The second-order valence-corrected chi connectivity index (χ2v) is 3.33. The summed E-state index contributed by atoms with van der Waals surface area (Å²) in [5.74, 6) is 0.0526. The van der Waals surface area contributed by atoms with Crippen molar-refractivity contribution in [3.63, 3.8) is 0 Å². The van der Waals surface area contributed by atoms with Gasteiger partial charge in [0.1, 0.15) is 0 Å². The minimum absolute atomic E-state index is 0.0683. The normalized spacial score (nSPS) is 9.86. The zero-order valence-electron chi connectivity index (χ0n) is 7.70. The van der Waals surface area contributed by atoms with Crippen LogP contribution in [0, 0.1) is 0 Å². The fraction of sp³-hybridized carbons (Fsp3) is 0.250. The van der Waals surface area contributed by atoms with Crippen LogP contribution in [0.5, 0.6) is 0 Å². The summed E-state index contributed by atoms with van der Waals surface area (Å²) in [6.07, 6.45) is 1.46. The summed E-state index contributed by atoms with van der Waals surface area (Å²) in [4.78, 5) is 16.2. The molecule has 0 spiro atoms. The molecule has 0 fully saturated rings. The Morgan fingerprint density at radius 3 is 2.86 bits per heavy atom. The fourth-order valence-corrected chi connectivity index (χ4v) is 1.24. The average Bonchev–Trinajstić information content (AvgIpc) is 2.01. The van der Waals surface area contributed by atoms with Crippen molar-refractivity contribution in [1.82, 2.24) is 4.98 Å². The Balaban J connectivity index is 2.90. The van der Waals surface area contributed by atoms with Gasteiger partial charge in [-0.15, -0.1) is 0 Å². The van der Waals surface area contributed by atoms with E-state index in [4.69, 9.17) is 23.1 Å². The Hall–Kier alpha value is -1.49. The van der Waals surface area contributed by atoms with E-state index in [9.17, 15) is 4.79 Å². The molecule has 0 radical (unpaired) electrons. The van der Waals surface area contributed by atoms with Gasteiger partial charge in [-0.1, -0.05) is 11.6 Å². The van der Waals surface area contributed by atoms with Gasteiger partial charge < -0.3 is 16.4 Å². The van der Waals surface area contributed by atoms with Crippen LogP contribution in [-0.2, 0) is 4.79 Å². The summed E-state index contributed by atoms with van der Waals surface area (Å²) >= 11 is 5.67. The molecule has 1 heterocycles. The van der Waals surface area contributed by atoms with Crippen molar-refractivity contribution >= 4 is 29.0 Å². The van der Waals surface area contributed by atoms with Crippen LogP contribution in [0.4, 0.5) is 11.5 Å². The highest BCUT2D eigenvalue weighted by Crippen LogP contribution is 2.21. The number of pyridine rings is 1. The Bertz CT molecular complexity index is 355. The number of carbonyl (C=O) groups is 1. The third-order valence-corrected chi connectivity index (χ3v) is 1.82. The maximum atomic E-state index is 10.6. The van der Waals surface area contributed by atoms with Crippen molar-refractivity contribution in [2.45, 2.75) is 0 Å². The highest BCUT2D eigenvalue weighted by Gasteiger charge is 2.09. The maximum Gasteiger partial charge on any atom is 0.236 e. The molecule has 14 heavy (non-hydrogen) atoms. The molecule has 4 N–H and O–H groups in total. The number of likely N-dealkylation sites (N-methyl/N-ethyl adjacent to an activating group) is 1. The third-order valence-electron chi connectivity index (χ3n) is 1.62. The monoisotopic (exact) mass is 214 g/mol. The van der Waals surface area contributed by atoms with Gasteiger partial charge in [0.05, 0.1) is 17.3 Å². The lowest BCUT2D eigenvalue weighted by atomic mass is 10.3. The molecule has 0 aliphatic rings. The summed E-state index contributed by atoms with van der Waals surface area (Å²) in [6.45, 7) is 0.0683. The summed E-state index contributed by atoms with van der Waals surface area (Å²) in [6, 6.07) is 1.57. The molecule has 0 aliphatic carbocycles. The van der Waals surface area contributed by atoms with E-state index in [0.29, 0.717) is 16.5 Å². The van der Waals surface area contributed by atoms with Crippen LogP contribution in [0.25, 0.3) is 0 Å². The largest absolute Gasteiger partial charge is 0.396 e. The third kappa shape index (κ3) is 2.50. The number of nitrogens with zero attached hydrogens (tertiary/aromatic N) is 2. The van der Waals surface area contributed by atoms with E-state index >= 15 is 0 Å². The average molecular weight is 215 g/mol. The quantitative estimate of drug-likeness (QED) is 0.755. The number of aromatic nitrogens is 1. The number of nitrogens with two attached hydrogens (primary N) is 2. The number of nitrogen functional groups attached to an aromatic ring is 1. The van der Waals surface area contributed by atoms with Crippen LogP contribution < -0.4 is 16.4 Å². The van der Waals surface area contributed by atoms with Crippen LogP contribution in [-0.4, -0.2) is 24.5 Å². The van der Waals surface area contributed by atoms with Gasteiger partial charge in [0.25, 0.3) is 0 Å². The molecule has 1 aromatic heterocycles. The van der Waals surface area contributed by atoms with Gasteiger partial charge in [-0.2, -0.15) is 0 Å². The van der Waals surface area contributed by atoms with Crippen LogP contribution >= 0.6 is 11.6 Å². The minimum Gasteiger partial charge on any atom is -0.396 e.